The Morgan fingerprint density at radius 3 is 3.11 bits per heavy atom. The number of aliphatic hydroxyl groups is 1. The Labute approximate surface area is 103 Å². The number of imidazole rings is 1. The van der Waals surface area contributed by atoms with Crippen molar-refractivity contribution in [3.05, 3.63) is 12.7 Å². The van der Waals surface area contributed by atoms with Gasteiger partial charge >= 0.3 is 0 Å². The van der Waals surface area contributed by atoms with Gasteiger partial charge in [-0.05, 0) is 6.42 Å². The Balaban J connectivity index is 1.79. The molecule has 0 amide bonds. The molecule has 7 heteroatoms. The summed E-state index contributed by atoms with van der Waals surface area (Å²) >= 11 is 0. The third kappa shape index (κ3) is 1.12. The van der Waals surface area contributed by atoms with E-state index in [2.05, 4.69) is 15.0 Å². The van der Waals surface area contributed by atoms with Gasteiger partial charge in [-0.15, -0.1) is 0 Å². The number of anilines is 1. The van der Waals surface area contributed by atoms with E-state index in [0.717, 1.165) is 6.42 Å². The van der Waals surface area contributed by atoms with E-state index < -0.39 is 0 Å². The Morgan fingerprint density at radius 2 is 2.39 bits per heavy atom. The number of ether oxygens (including phenoxy) is 1. The molecule has 2 aromatic rings. The first-order valence-electron chi connectivity index (χ1n) is 5.91. The highest BCUT2D eigenvalue weighted by Gasteiger charge is 2.63. The lowest BCUT2D eigenvalue weighted by Crippen LogP contribution is -2.11. The van der Waals surface area contributed by atoms with Crippen molar-refractivity contribution in [3.8, 4) is 0 Å². The summed E-state index contributed by atoms with van der Waals surface area (Å²) in [5, 5.41) is 9.39. The maximum absolute atomic E-state index is 9.39. The van der Waals surface area contributed by atoms with Crippen LogP contribution in [0.2, 0.25) is 0 Å². The lowest BCUT2D eigenvalue weighted by atomic mass is 10.1. The molecule has 7 nitrogen and oxygen atoms in total. The van der Waals surface area contributed by atoms with Gasteiger partial charge in [0.15, 0.2) is 11.5 Å². The van der Waals surface area contributed by atoms with E-state index in [1.54, 1.807) is 6.33 Å². The molecule has 1 saturated heterocycles. The van der Waals surface area contributed by atoms with E-state index in [1.165, 1.54) is 6.33 Å². The molecular weight excluding hydrogens is 234 g/mol. The van der Waals surface area contributed by atoms with Gasteiger partial charge in [-0.1, -0.05) is 0 Å². The van der Waals surface area contributed by atoms with E-state index in [9.17, 15) is 5.11 Å². The number of aromatic nitrogens is 4. The van der Waals surface area contributed by atoms with Crippen LogP contribution in [0.25, 0.3) is 11.2 Å². The molecule has 2 fully saturated rings. The molecule has 3 N–H and O–H groups in total. The van der Waals surface area contributed by atoms with E-state index in [-0.39, 0.29) is 18.2 Å². The second-order valence-electron chi connectivity index (χ2n) is 5.12. The summed E-state index contributed by atoms with van der Waals surface area (Å²) in [5.74, 6) is 0.719. The second kappa shape index (κ2) is 3.18. The van der Waals surface area contributed by atoms with E-state index in [0.29, 0.717) is 29.5 Å². The topological polar surface area (TPSA) is 99.1 Å². The molecule has 2 aromatic heterocycles. The van der Waals surface area contributed by atoms with E-state index in [4.69, 9.17) is 10.5 Å². The molecule has 3 heterocycles. The van der Waals surface area contributed by atoms with Gasteiger partial charge in [0.05, 0.1) is 19.5 Å². The van der Waals surface area contributed by atoms with Gasteiger partial charge < -0.3 is 15.6 Å². The highest BCUT2D eigenvalue weighted by Crippen LogP contribution is 2.63. The van der Waals surface area contributed by atoms with Crippen molar-refractivity contribution in [2.75, 3.05) is 18.9 Å². The minimum Gasteiger partial charge on any atom is -0.396 e. The molecule has 1 aliphatic heterocycles. The number of hydrogen-bond donors (Lipinski definition) is 2. The van der Waals surface area contributed by atoms with Crippen LogP contribution in [0.3, 0.4) is 0 Å². The van der Waals surface area contributed by atoms with Crippen LogP contribution in [0.5, 0.6) is 0 Å². The fourth-order valence-corrected chi connectivity index (χ4v) is 2.87. The van der Waals surface area contributed by atoms with Crippen molar-refractivity contribution >= 4 is 17.0 Å². The molecule has 1 saturated carbocycles. The average molecular weight is 247 g/mol. The summed E-state index contributed by atoms with van der Waals surface area (Å²) in [7, 11) is 0. The summed E-state index contributed by atoms with van der Waals surface area (Å²) < 4.78 is 7.65. The highest BCUT2D eigenvalue weighted by molar-refractivity contribution is 5.81. The monoisotopic (exact) mass is 247 g/mol. The third-order valence-electron chi connectivity index (χ3n) is 4.11. The zero-order chi connectivity index (χ0) is 12.3. The van der Waals surface area contributed by atoms with E-state index >= 15 is 0 Å². The second-order valence-corrected chi connectivity index (χ2v) is 5.12. The molecule has 0 bridgehead atoms. The summed E-state index contributed by atoms with van der Waals surface area (Å²) in [5.41, 5.74) is 7.00. The summed E-state index contributed by atoms with van der Waals surface area (Å²) in [4.78, 5) is 12.4. The van der Waals surface area contributed by atoms with Gasteiger partial charge in [-0.25, -0.2) is 15.0 Å². The Kier molecular flexibility index (Phi) is 1.80. The van der Waals surface area contributed by atoms with Gasteiger partial charge in [0.2, 0.25) is 0 Å². The first-order valence-corrected chi connectivity index (χ1v) is 5.91. The number of aliphatic hydroxyl groups excluding tert-OH is 1. The van der Waals surface area contributed by atoms with Crippen molar-refractivity contribution in [2.45, 2.75) is 12.6 Å². The van der Waals surface area contributed by atoms with Crippen LogP contribution < -0.4 is 5.73 Å². The lowest BCUT2D eigenvalue weighted by Gasteiger charge is -2.14. The number of nitrogen functional groups attached to an aromatic ring is 1. The number of hydrogen-bond acceptors (Lipinski definition) is 6. The SMILES string of the molecule is Nc1ncnc2c1ncn2[C@H]1OC[C@]2(CO)C[C@H]12. The van der Waals surface area contributed by atoms with Crippen molar-refractivity contribution < 1.29 is 9.84 Å². The molecular formula is C11H13N5O2. The standard InChI is InChI=1S/C11H13N5O2/c12-8-7-9(14-4-13-8)16(5-15-7)10-6-1-11(6,2-17)3-18-10/h4-6,10,17H,1-3H2,(H2,12,13,14)/t6-,10+,11-/m1/s1. The maximum Gasteiger partial charge on any atom is 0.167 e. The zero-order valence-corrected chi connectivity index (χ0v) is 9.65. The maximum atomic E-state index is 9.39. The largest absolute Gasteiger partial charge is 0.396 e. The van der Waals surface area contributed by atoms with Crippen LogP contribution in [0.15, 0.2) is 12.7 Å². The Bertz CT molecular complexity index is 627. The fourth-order valence-electron chi connectivity index (χ4n) is 2.87. The number of nitrogens with zero attached hydrogens (tertiary/aromatic N) is 4. The molecule has 0 aromatic carbocycles. The molecule has 94 valence electrons. The first kappa shape index (κ1) is 10.2. The quantitative estimate of drug-likeness (QED) is 0.771. The van der Waals surface area contributed by atoms with Crippen LogP contribution >= 0.6 is 0 Å². The average Bonchev–Trinajstić information content (AvgIpc) is 2.78. The van der Waals surface area contributed by atoms with Gasteiger partial charge in [-0.2, -0.15) is 0 Å². The van der Waals surface area contributed by atoms with Crippen molar-refractivity contribution in [2.24, 2.45) is 11.3 Å². The number of fused-ring (bicyclic) bond motifs is 2. The van der Waals surface area contributed by atoms with Gasteiger partial charge in [-0.3, -0.25) is 4.57 Å². The molecule has 1 aliphatic carbocycles. The van der Waals surface area contributed by atoms with Crippen molar-refractivity contribution in [3.63, 3.8) is 0 Å². The molecule has 18 heavy (non-hydrogen) atoms. The van der Waals surface area contributed by atoms with Crippen molar-refractivity contribution in [1.82, 2.24) is 19.5 Å². The summed E-state index contributed by atoms with van der Waals surface area (Å²) in [6.07, 6.45) is 4.01. The van der Waals surface area contributed by atoms with Gasteiger partial charge in [0.25, 0.3) is 0 Å². The Morgan fingerprint density at radius 1 is 1.50 bits per heavy atom. The van der Waals surface area contributed by atoms with Crippen LogP contribution in [-0.2, 0) is 4.74 Å². The normalized spacial score (nSPS) is 33.8. The minimum absolute atomic E-state index is 0.0418. The van der Waals surface area contributed by atoms with Crippen molar-refractivity contribution in [1.29, 1.82) is 0 Å². The predicted molar refractivity (Wildman–Crippen MR) is 62.4 cm³/mol. The van der Waals surface area contributed by atoms with Crippen LogP contribution in [0.4, 0.5) is 5.82 Å². The number of nitrogens with two attached hydrogens (primary N) is 1. The lowest BCUT2D eigenvalue weighted by molar-refractivity contribution is 0.0192. The first-order chi connectivity index (χ1) is 8.75. The van der Waals surface area contributed by atoms with Crippen LogP contribution in [-0.4, -0.2) is 37.8 Å². The highest BCUT2D eigenvalue weighted by atomic mass is 16.5. The molecule has 0 spiro atoms. The molecule has 0 unspecified atom stereocenters. The molecule has 3 atom stereocenters. The predicted octanol–water partition coefficient (Wildman–Crippen LogP) is -0.0641. The van der Waals surface area contributed by atoms with Crippen LogP contribution in [0, 0.1) is 11.3 Å². The smallest absolute Gasteiger partial charge is 0.167 e. The molecule has 0 radical (unpaired) electrons. The van der Waals surface area contributed by atoms with Crippen LogP contribution in [0.1, 0.15) is 12.6 Å². The van der Waals surface area contributed by atoms with Gasteiger partial charge in [0.1, 0.15) is 18.1 Å². The van der Waals surface area contributed by atoms with E-state index in [1.807, 2.05) is 4.57 Å². The summed E-state index contributed by atoms with van der Waals surface area (Å²) in [6, 6.07) is 0. The zero-order valence-electron chi connectivity index (χ0n) is 9.65. The number of rotatable bonds is 2. The fraction of sp³-hybridized carbons (Fsp3) is 0.545. The summed E-state index contributed by atoms with van der Waals surface area (Å²) in [6.45, 7) is 0.775. The van der Waals surface area contributed by atoms with Gasteiger partial charge in [0, 0.05) is 11.3 Å². The minimum atomic E-state index is -0.101. The Hall–Kier alpha value is -1.73. The molecule has 2 aliphatic rings. The third-order valence-corrected chi connectivity index (χ3v) is 4.11. The molecule has 4 rings (SSSR count).